The summed E-state index contributed by atoms with van der Waals surface area (Å²) in [5.41, 5.74) is 0. The molecule has 0 aromatic carbocycles. The molecule has 0 saturated carbocycles. The number of hydrogen-bond acceptors (Lipinski definition) is 1. The van der Waals surface area contributed by atoms with Crippen LogP contribution in [0.3, 0.4) is 0 Å². The molecule has 116 valence electrons. The first kappa shape index (κ1) is 19.0. The second-order valence-electron chi connectivity index (χ2n) is 6.53. The summed E-state index contributed by atoms with van der Waals surface area (Å²) in [4.78, 5) is 2.64. The standard InChI is InChI=1S/C18H39N/c1-7-10-11-14-19(9-3)15-13-17(5)18(6)16(4)12-8-2/h16-18H,7-15H2,1-6H3/t16-,17-,18?/m0/s1. The van der Waals surface area contributed by atoms with Gasteiger partial charge in [-0.1, -0.05) is 67.2 Å². The fourth-order valence-electron chi connectivity index (χ4n) is 2.94. The maximum atomic E-state index is 2.64. The highest BCUT2D eigenvalue weighted by atomic mass is 15.1. The Morgan fingerprint density at radius 3 is 1.89 bits per heavy atom. The second kappa shape index (κ2) is 11.8. The predicted octanol–water partition coefficient (Wildman–Crippen LogP) is 5.60. The van der Waals surface area contributed by atoms with E-state index in [0.29, 0.717) is 0 Å². The molecular formula is C18H39N. The minimum absolute atomic E-state index is 0.863. The zero-order valence-corrected chi connectivity index (χ0v) is 14.5. The van der Waals surface area contributed by atoms with E-state index in [-0.39, 0.29) is 0 Å². The molecule has 1 unspecified atom stereocenters. The summed E-state index contributed by atoms with van der Waals surface area (Å²) in [6.45, 7) is 18.1. The summed E-state index contributed by atoms with van der Waals surface area (Å²) in [5.74, 6) is 2.62. The molecule has 1 heteroatoms. The zero-order chi connectivity index (χ0) is 14.7. The van der Waals surface area contributed by atoms with Gasteiger partial charge in [-0.25, -0.2) is 0 Å². The van der Waals surface area contributed by atoms with Crippen LogP contribution in [0.5, 0.6) is 0 Å². The molecule has 0 aliphatic carbocycles. The van der Waals surface area contributed by atoms with E-state index in [4.69, 9.17) is 0 Å². The third-order valence-electron chi connectivity index (χ3n) is 4.96. The van der Waals surface area contributed by atoms with Crippen molar-refractivity contribution in [2.45, 2.75) is 80.1 Å². The Morgan fingerprint density at radius 1 is 0.737 bits per heavy atom. The normalized spacial score (nSPS) is 16.6. The first-order chi connectivity index (χ1) is 9.06. The molecular weight excluding hydrogens is 230 g/mol. The van der Waals surface area contributed by atoms with Crippen molar-refractivity contribution in [2.75, 3.05) is 19.6 Å². The number of unbranched alkanes of at least 4 members (excludes halogenated alkanes) is 2. The number of hydrogen-bond donors (Lipinski definition) is 0. The molecule has 0 N–H and O–H groups in total. The van der Waals surface area contributed by atoms with Gasteiger partial charge in [0.15, 0.2) is 0 Å². The number of rotatable bonds is 12. The fourth-order valence-corrected chi connectivity index (χ4v) is 2.94. The van der Waals surface area contributed by atoms with Crippen molar-refractivity contribution < 1.29 is 0 Å². The summed E-state index contributed by atoms with van der Waals surface area (Å²) in [6, 6.07) is 0. The first-order valence-electron chi connectivity index (χ1n) is 8.79. The summed E-state index contributed by atoms with van der Waals surface area (Å²) < 4.78 is 0. The molecule has 0 aromatic rings. The summed E-state index contributed by atoms with van der Waals surface area (Å²) in [7, 11) is 0. The molecule has 0 heterocycles. The number of nitrogens with zero attached hydrogens (tertiary/aromatic N) is 1. The minimum Gasteiger partial charge on any atom is -0.304 e. The molecule has 0 rings (SSSR count). The summed E-state index contributed by atoms with van der Waals surface area (Å²) >= 11 is 0. The van der Waals surface area contributed by atoms with E-state index in [2.05, 4.69) is 46.4 Å². The van der Waals surface area contributed by atoms with Crippen molar-refractivity contribution in [3.8, 4) is 0 Å². The lowest BCUT2D eigenvalue weighted by Gasteiger charge is -2.28. The summed E-state index contributed by atoms with van der Waals surface area (Å²) in [5, 5.41) is 0. The van der Waals surface area contributed by atoms with Crippen molar-refractivity contribution >= 4 is 0 Å². The van der Waals surface area contributed by atoms with Crippen LogP contribution in [0.25, 0.3) is 0 Å². The van der Waals surface area contributed by atoms with Crippen molar-refractivity contribution in [1.29, 1.82) is 0 Å². The molecule has 0 spiro atoms. The van der Waals surface area contributed by atoms with Gasteiger partial charge in [0.05, 0.1) is 0 Å². The molecule has 0 aromatic heterocycles. The van der Waals surface area contributed by atoms with Crippen LogP contribution in [0, 0.1) is 17.8 Å². The van der Waals surface area contributed by atoms with Crippen molar-refractivity contribution in [1.82, 2.24) is 4.90 Å². The average molecular weight is 270 g/mol. The van der Waals surface area contributed by atoms with Gasteiger partial charge in [0.2, 0.25) is 0 Å². The zero-order valence-electron chi connectivity index (χ0n) is 14.5. The van der Waals surface area contributed by atoms with Gasteiger partial charge in [-0.05, 0) is 50.2 Å². The van der Waals surface area contributed by atoms with Crippen molar-refractivity contribution in [3.63, 3.8) is 0 Å². The van der Waals surface area contributed by atoms with E-state index in [9.17, 15) is 0 Å². The fraction of sp³-hybridized carbons (Fsp3) is 1.00. The Morgan fingerprint density at radius 2 is 1.37 bits per heavy atom. The molecule has 0 aliphatic rings. The lowest BCUT2D eigenvalue weighted by molar-refractivity contribution is 0.207. The predicted molar refractivity (Wildman–Crippen MR) is 88.7 cm³/mol. The minimum atomic E-state index is 0.863. The Hall–Kier alpha value is -0.0400. The average Bonchev–Trinajstić information content (AvgIpc) is 2.41. The van der Waals surface area contributed by atoms with Gasteiger partial charge in [0, 0.05) is 0 Å². The SMILES string of the molecule is CCCCCN(CC)CC[C@H](C)C(C)[C@@H](C)CCC. The quantitative estimate of drug-likeness (QED) is 0.417. The third-order valence-corrected chi connectivity index (χ3v) is 4.96. The highest BCUT2D eigenvalue weighted by Crippen LogP contribution is 2.26. The van der Waals surface area contributed by atoms with Crippen LogP contribution in [-0.4, -0.2) is 24.5 Å². The second-order valence-corrected chi connectivity index (χ2v) is 6.53. The van der Waals surface area contributed by atoms with E-state index < -0.39 is 0 Å². The van der Waals surface area contributed by atoms with E-state index in [1.807, 2.05) is 0 Å². The summed E-state index contributed by atoms with van der Waals surface area (Å²) in [6.07, 6.45) is 8.18. The van der Waals surface area contributed by atoms with Gasteiger partial charge < -0.3 is 4.90 Å². The van der Waals surface area contributed by atoms with Crippen LogP contribution < -0.4 is 0 Å². The van der Waals surface area contributed by atoms with Crippen LogP contribution in [-0.2, 0) is 0 Å². The largest absolute Gasteiger partial charge is 0.304 e. The molecule has 0 fully saturated rings. The molecule has 1 nitrogen and oxygen atoms in total. The van der Waals surface area contributed by atoms with Crippen LogP contribution in [0.4, 0.5) is 0 Å². The Labute approximate surface area is 123 Å². The third kappa shape index (κ3) is 8.68. The van der Waals surface area contributed by atoms with Gasteiger partial charge in [-0.2, -0.15) is 0 Å². The molecule has 0 saturated heterocycles. The van der Waals surface area contributed by atoms with E-state index in [0.717, 1.165) is 17.8 Å². The van der Waals surface area contributed by atoms with Gasteiger partial charge in [-0.3, -0.25) is 0 Å². The molecule has 0 radical (unpaired) electrons. The lowest BCUT2D eigenvalue weighted by Crippen LogP contribution is -2.28. The van der Waals surface area contributed by atoms with Crippen LogP contribution in [0.1, 0.15) is 80.1 Å². The van der Waals surface area contributed by atoms with Crippen molar-refractivity contribution in [2.24, 2.45) is 17.8 Å². The van der Waals surface area contributed by atoms with Crippen LogP contribution in [0.2, 0.25) is 0 Å². The van der Waals surface area contributed by atoms with Gasteiger partial charge in [-0.15, -0.1) is 0 Å². The topological polar surface area (TPSA) is 3.24 Å². The van der Waals surface area contributed by atoms with E-state index in [1.165, 1.54) is 58.2 Å². The van der Waals surface area contributed by atoms with Gasteiger partial charge in [0.25, 0.3) is 0 Å². The molecule has 19 heavy (non-hydrogen) atoms. The highest BCUT2D eigenvalue weighted by molar-refractivity contribution is 4.70. The van der Waals surface area contributed by atoms with Crippen molar-refractivity contribution in [3.05, 3.63) is 0 Å². The monoisotopic (exact) mass is 269 g/mol. The molecule has 0 aliphatic heterocycles. The lowest BCUT2D eigenvalue weighted by atomic mass is 9.81. The highest BCUT2D eigenvalue weighted by Gasteiger charge is 2.18. The van der Waals surface area contributed by atoms with Crippen LogP contribution >= 0.6 is 0 Å². The first-order valence-corrected chi connectivity index (χ1v) is 8.79. The van der Waals surface area contributed by atoms with E-state index in [1.54, 1.807) is 0 Å². The smallest absolute Gasteiger partial charge is 0.00162 e. The molecule has 0 bridgehead atoms. The Bertz CT molecular complexity index is 190. The van der Waals surface area contributed by atoms with E-state index >= 15 is 0 Å². The molecule has 0 amide bonds. The Kier molecular flexibility index (Phi) is 11.7. The maximum Gasteiger partial charge on any atom is -0.00162 e. The van der Waals surface area contributed by atoms with Crippen LogP contribution in [0.15, 0.2) is 0 Å². The molecule has 3 atom stereocenters. The van der Waals surface area contributed by atoms with Gasteiger partial charge in [0.1, 0.15) is 0 Å². The van der Waals surface area contributed by atoms with Gasteiger partial charge >= 0.3 is 0 Å². The maximum absolute atomic E-state index is 2.64. The Balaban J connectivity index is 3.93.